The van der Waals surface area contributed by atoms with E-state index < -0.39 is 6.61 Å². The van der Waals surface area contributed by atoms with Crippen LogP contribution in [0, 0.1) is 0 Å². The van der Waals surface area contributed by atoms with E-state index >= 15 is 0 Å². The molecule has 0 aromatic heterocycles. The number of nitrogens with zero attached hydrogens (tertiary/aromatic N) is 1. The van der Waals surface area contributed by atoms with E-state index in [9.17, 15) is 8.78 Å². The van der Waals surface area contributed by atoms with Gasteiger partial charge in [0.05, 0.1) is 6.61 Å². The predicted octanol–water partition coefficient (Wildman–Crippen LogP) is 2.71. The van der Waals surface area contributed by atoms with Crippen molar-refractivity contribution in [3.05, 3.63) is 29.8 Å². The Morgan fingerprint density at radius 3 is 2.61 bits per heavy atom. The number of hydrogen-bond acceptors (Lipinski definition) is 4. The maximum absolute atomic E-state index is 12.1. The Labute approximate surface area is 140 Å². The van der Waals surface area contributed by atoms with Crippen LogP contribution in [-0.4, -0.2) is 37.7 Å². The Kier molecular flexibility index (Phi) is 9.08. The van der Waals surface area contributed by atoms with Crippen molar-refractivity contribution in [2.24, 2.45) is 5.10 Å². The normalized spacial score (nSPS) is 11.4. The standard InChI is InChI=1S/C15H21F2N3O2S/c1-11(19-20-15(23)18-9-10-21-2)3-4-12-5-7-13(8-6-12)22-14(16)17/h5-8,14H,3-4,9-10H2,1-2H3,(H2,18,20,23)/b19-11-. The molecular formula is C15H21F2N3O2S. The summed E-state index contributed by atoms with van der Waals surface area (Å²) in [5.74, 6) is 0.156. The van der Waals surface area contributed by atoms with Gasteiger partial charge in [0, 0.05) is 19.4 Å². The molecule has 0 aliphatic rings. The van der Waals surface area contributed by atoms with Crippen LogP contribution in [-0.2, 0) is 11.2 Å². The molecule has 1 aromatic rings. The number of aryl methyl sites for hydroxylation is 1. The van der Waals surface area contributed by atoms with E-state index in [0.29, 0.717) is 18.3 Å². The summed E-state index contributed by atoms with van der Waals surface area (Å²) in [5, 5.41) is 7.56. The maximum Gasteiger partial charge on any atom is 0.387 e. The van der Waals surface area contributed by atoms with Gasteiger partial charge in [0.1, 0.15) is 5.75 Å². The molecule has 0 bridgehead atoms. The molecule has 2 N–H and O–H groups in total. The molecule has 0 saturated heterocycles. The minimum atomic E-state index is -2.80. The lowest BCUT2D eigenvalue weighted by atomic mass is 10.1. The van der Waals surface area contributed by atoms with E-state index in [0.717, 1.165) is 24.1 Å². The molecule has 0 amide bonds. The van der Waals surface area contributed by atoms with Crippen LogP contribution in [0.15, 0.2) is 29.4 Å². The number of thiocarbonyl (C=S) groups is 1. The first-order chi connectivity index (χ1) is 11.0. The molecule has 0 spiro atoms. The summed E-state index contributed by atoms with van der Waals surface area (Å²) in [6.45, 7) is 0.265. The number of ether oxygens (including phenoxy) is 2. The van der Waals surface area contributed by atoms with Crippen LogP contribution >= 0.6 is 12.2 Å². The van der Waals surface area contributed by atoms with Gasteiger partial charge in [-0.15, -0.1) is 0 Å². The SMILES string of the molecule is COCCNC(=S)N/N=C(/C)CCc1ccc(OC(F)F)cc1. The molecular weight excluding hydrogens is 324 g/mol. The van der Waals surface area contributed by atoms with E-state index in [1.165, 1.54) is 12.1 Å². The van der Waals surface area contributed by atoms with Gasteiger partial charge < -0.3 is 14.8 Å². The maximum atomic E-state index is 12.1. The first kappa shape index (κ1) is 19.2. The molecule has 0 heterocycles. The lowest BCUT2D eigenvalue weighted by Crippen LogP contribution is -2.34. The van der Waals surface area contributed by atoms with Crippen molar-refractivity contribution in [2.75, 3.05) is 20.3 Å². The van der Waals surface area contributed by atoms with Crippen molar-refractivity contribution >= 4 is 23.0 Å². The van der Waals surface area contributed by atoms with Crippen LogP contribution < -0.4 is 15.5 Å². The van der Waals surface area contributed by atoms with Gasteiger partial charge in [-0.3, -0.25) is 5.43 Å². The van der Waals surface area contributed by atoms with Gasteiger partial charge >= 0.3 is 6.61 Å². The molecule has 1 aromatic carbocycles. The molecule has 0 aliphatic carbocycles. The Bertz CT molecular complexity index is 510. The minimum Gasteiger partial charge on any atom is -0.435 e. The van der Waals surface area contributed by atoms with Crippen molar-refractivity contribution in [2.45, 2.75) is 26.4 Å². The Morgan fingerprint density at radius 1 is 1.30 bits per heavy atom. The number of rotatable bonds is 9. The van der Waals surface area contributed by atoms with E-state index in [2.05, 4.69) is 20.6 Å². The van der Waals surface area contributed by atoms with Crippen molar-refractivity contribution in [3.63, 3.8) is 0 Å². The topological polar surface area (TPSA) is 54.9 Å². The average molecular weight is 345 g/mol. The molecule has 0 atom stereocenters. The van der Waals surface area contributed by atoms with Gasteiger partial charge in [0.25, 0.3) is 0 Å². The zero-order chi connectivity index (χ0) is 17.1. The number of benzene rings is 1. The van der Waals surface area contributed by atoms with Gasteiger partial charge in [-0.2, -0.15) is 13.9 Å². The van der Waals surface area contributed by atoms with Crippen molar-refractivity contribution in [1.82, 2.24) is 10.7 Å². The first-order valence-corrected chi connectivity index (χ1v) is 7.51. The molecule has 23 heavy (non-hydrogen) atoms. The third-order valence-corrected chi connectivity index (χ3v) is 3.10. The summed E-state index contributed by atoms with van der Waals surface area (Å²) in [6.07, 6.45) is 1.47. The van der Waals surface area contributed by atoms with Gasteiger partial charge in [0.2, 0.25) is 0 Å². The summed E-state index contributed by atoms with van der Waals surface area (Å²) < 4.78 is 33.3. The number of hydrogen-bond donors (Lipinski definition) is 2. The summed E-state index contributed by atoms with van der Waals surface area (Å²) in [5.41, 5.74) is 4.66. The van der Waals surface area contributed by atoms with Gasteiger partial charge in [-0.05, 0) is 49.7 Å². The predicted molar refractivity (Wildman–Crippen MR) is 90.1 cm³/mol. The summed E-state index contributed by atoms with van der Waals surface area (Å²) in [7, 11) is 1.62. The van der Waals surface area contributed by atoms with Crippen molar-refractivity contribution in [3.8, 4) is 5.75 Å². The monoisotopic (exact) mass is 345 g/mol. The lowest BCUT2D eigenvalue weighted by Gasteiger charge is -2.08. The fourth-order valence-corrected chi connectivity index (χ4v) is 1.82. The van der Waals surface area contributed by atoms with Crippen LogP contribution in [0.3, 0.4) is 0 Å². The summed E-state index contributed by atoms with van der Waals surface area (Å²) in [6, 6.07) is 6.58. The summed E-state index contributed by atoms with van der Waals surface area (Å²) in [4.78, 5) is 0. The van der Waals surface area contributed by atoms with Gasteiger partial charge in [0.15, 0.2) is 5.11 Å². The number of halogens is 2. The van der Waals surface area contributed by atoms with Crippen LogP contribution in [0.1, 0.15) is 18.9 Å². The molecule has 0 radical (unpaired) electrons. The lowest BCUT2D eigenvalue weighted by molar-refractivity contribution is -0.0498. The number of methoxy groups -OCH3 is 1. The number of alkyl halides is 2. The molecule has 1 rings (SSSR count). The number of nitrogens with one attached hydrogen (secondary N) is 2. The number of hydrazone groups is 1. The largest absolute Gasteiger partial charge is 0.435 e. The van der Waals surface area contributed by atoms with Gasteiger partial charge in [-0.1, -0.05) is 12.1 Å². The Hall–Kier alpha value is -1.80. The highest BCUT2D eigenvalue weighted by atomic mass is 32.1. The molecule has 128 valence electrons. The minimum absolute atomic E-state index is 0.156. The quantitative estimate of drug-likeness (QED) is 0.312. The van der Waals surface area contributed by atoms with Crippen LogP contribution in [0.2, 0.25) is 0 Å². The van der Waals surface area contributed by atoms with Crippen molar-refractivity contribution < 1.29 is 18.3 Å². The molecule has 0 aliphatic heterocycles. The fourth-order valence-electron chi connectivity index (χ4n) is 1.67. The molecule has 8 heteroatoms. The van der Waals surface area contributed by atoms with Crippen LogP contribution in [0.25, 0.3) is 0 Å². The van der Waals surface area contributed by atoms with Crippen LogP contribution in [0.4, 0.5) is 8.78 Å². The zero-order valence-electron chi connectivity index (χ0n) is 13.1. The van der Waals surface area contributed by atoms with Crippen molar-refractivity contribution in [1.29, 1.82) is 0 Å². The summed E-state index contributed by atoms with van der Waals surface area (Å²) >= 11 is 5.05. The van der Waals surface area contributed by atoms with E-state index in [1.807, 2.05) is 6.92 Å². The second-order valence-corrected chi connectivity index (χ2v) is 5.14. The second-order valence-electron chi connectivity index (χ2n) is 4.73. The van der Waals surface area contributed by atoms with E-state index in [1.54, 1.807) is 19.2 Å². The van der Waals surface area contributed by atoms with E-state index in [-0.39, 0.29) is 5.75 Å². The fraction of sp³-hybridized carbons (Fsp3) is 0.467. The van der Waals surface area contributed by atoms with E-state index in [4.69, 9.17) is 17.0 Å². The Morgan fingerprint density at radius 2 is 2.00 bits per heavy atom. The molecule has 0 saturated carbocycles. The zero-order valence-corrected chi connectivity index (χ0v) is 14.0. The smallest absolute Gasteiger partial charge is 0.387 e. The first-order valence-electron chi connectivity index (χ1n) is 7.11. The van der Waals surface area contributed by atoms with Gasteiger partial charge in [-0.25, -0.2) is 0 Å². The molecule has 0 fully saturated rings. The highest BCUT2D eigenvalue weighted by Crippen LogP contribution is 2.15. The third-order valence-electron chi connectivity index (χ3n) is 2.86. The highest BCUT2D eigenvalue weighted by Gasteiger charge is 2.04. The third kappa shape index (κ3) is 9.04. The molecule has 0 unspecified atom stereocenters. The van der Waals surface area contributed by atoms with Crippen LogP contribution in [0.5, 0.6) is 5.75 Å². The average Bonchev–Trinajstić information content (AvgIpc) is 2.52. The second kappa shape index (κ2) is 10.8. The molecule has 5 nitrogen and oxygen atoms in total. The Balaban J connectivity index is 2.33. The highest BCUT2D eigenvalue weighted by molar-refractivity contribution is 7.80.